The molecule has 1 N–H and O–H groups in total. The summed E-state index contributed by atoms with van der Waals surface area (Å²) < 4.78 is 11.8. The number of nitrogens with zero attached hydrogens (tertiary/aromatic N) is 2. The molecule has 1 aromatic carbocycles. The third-order valence-electron chi connectivity index (χ3n) is 3.15. The van der Waals surface area contributed by atoms with Gasteiger partial charge in [0.15, 0.2) is 11.5 Å². The van der Waals surface area contributed by atoms with E-state index in [1.54, 1.807) is 32.4 Å². The summed E-state index contributed by atoms with van der Waals surface area (Å²) in [6.45, 7) is 0. The summed E-state index contributed by atoms with van der Waals surface area (Å²) in [6.07, 6.45) is 2.90. The number of carbonyl (C=O) groups excluding carboxylic acids is 1. The number of nitrogens with one attached hydrogen (secondary N) is 1. The highest BCUT2D eigenvalue weighted by atomic mass is 16.5. The van der Waals surface area contributed by atoms with Crippen LogP contribution in [0.3, 0.4) is 0 Å². The largest absolute Gasteiger partial charge is 0.493 e. The van der Waals surface area contributed by atoms with Gasteiger partial charge in [-0.25, -0.2) is 5.43 Å². The van der Waals surface area contributed by atoms with Crippen molar-refractivity contribution < 1.29 is 14.3 Å². The van der Waals surface area contributed by atoms with Crippen molar-refractivity contribution in [1.82, 2.24) is 9.99 Å². The minimum absolute atomic E-state index is 0.189. The van der Waals surface area contributed by atoms with Crippen LogP contribution in [0.15, 0.2) is 46.4 Å². The van der Waals surface area contributed by atoms with Gasteiger partial charge in [0, 0.05) is 24.9 Å². The van der Waals surface area contributed by atoms with E-state index in [0.717, 1.165) is 0 Å². The third-order valence-corrected chi connectivity index (χ3v) is 3.15. The number of hydrogen-bond acceptors (Lipinski definition) is 5. The summed E-state index contributed by atoms with van der Waals surface area (Å²) in [6, 6.07) is 8.10. The van der Waals surface area contributed by atoms with E-state index in [4.69, 9.17) is 9.47 Å². The monoisotopic (exact) mass is 315 g/mol. The molecule has 0 aliphatic heterocycles. The van der Waals surface area contributed by atoms with Gasteiger partial charge in [-0.2, -0.15) is 5.10 Å². The molecule has 0 radical (unpaired) electrons. The van der Waals surface area contributed by atoms with Crippen LogP contribution in [0.1, 0.15) is 15.9 Å². The average Bonchev–Trinajstić information content (AvgIpc) is 2.56. The molecule has 1 amide bonds. The van der Waals surface area contributed by atoms with Crippen LogP contribution >= 0.6 is 0 Å². The van der Waals surface area contributed by atoms with Crippen LogP contribution in [0, 0.1) is 0 Å². The first-order valence-electron chi connectivity index (χ1n) is 6.78. The Labute approximate surface area is 133 Å². The molecule has 0 fully saturated rings. The SMILES string of the molecule is COc1cccc(C=NNC(=O)c2ccc(=O)n(C)c2)c1OC. The van der Waals surface area contributed by atoms with Gasteiger partial charge in [0.25, 0.3) is 5.91 Å². The van der Waals surface area contributed by atoms with E-state index in [1.807, 2.05) is 0 Å². The van der Waals surface area contributed by atoms with E-state index in [2.05, 4.69) is 10.5 Å². The van der Waals surface area contributed by atoms with Crippen molar-refractivity contribution >= 4 is 12.1 Å². The number of benzene rings is 1. The topological polar surface area (TPSA) is 81.9 Å². The maximum atomic E-state index is 12.0. The maximum Gasteiger partial charge on any atom is 0.272 e. The lowest BCUT2D eigenvalue weighted by molar-refractivity contribution is 0.0954. The number of methoxy groups -OCH3 is 2. The average molecular weight is 315 g/mol. The molecule has 0 spiro atoms. The van der Waals surface area contributed by atoms with Crippen LogP contribution < -0.4 is 20.5 Å². The zero-order valence-corrected chi connectivity index (χ0v) is 13.1. The van der Waals surface area contributed by atoms with Crippen LogP contribution in [-0.4, -0.2) is 30.9 Å². The molecule has 120 valence electrons. The van der Waals surface area contributed by atoms with Gasteiger partial charge in [0.1, 0.15) is 0 Å². The first kappa shape index (κ1) is 16.3. The molecule has 7 heteroatoms. The Hall–Kier alpha value is -3.09. The van der Waals surface area contributed by atoms with Gasteiger partial charge in [-0.3, -0.25) is 9.59 Å². The molecule has 0 bridgehead atoms. The second kappa shape index (κ2) is 7.26. The van der Waals surface area contributed by atoms with E-state index < -0.39 is 5.91 Å². The number of ether oxygens (including phenoxy) is 2. The van der Waals surface area contributed by atoms with Crippen LogP contribution in [0.2, 0.25) is 0 Å². The third kappa shape index (κ3) is 3.76. The molecule has 2 aromatic rings. The standard InChI is InChI=1S/C16H17N3O4/c1-19-10-12(7-8-14(19)20)16(21)18-17-9-11-5-4-6-13(22-2)15(11)23-3/h4-10H,1-3H3,(H,18,21). The minimum Gasteiger partial charge on any atom is -0.493 e. The summed E-state index contributed by atoms with van der Waals surface area (Å²) in [5.41, 5.74) is 3.21. The molecule has 1 aromatic heterocycles. The highest BCUT2D eigenvalue weighted by molar-refractivity contribution is 5.94. The van der Waals surface area contributed by atoms with Crippen molar-refractivity contribution in [3.63, 3.8) is 0 Å². The van der Waals surface area contributed by atoms with Crippen LogP contribution in [-0.2, 0) is 7.05 Å². The van der Waals surface area contributed by atoms with Crippen LogP contribution in [0.4, 0.5) is 0 Å². The number of pyridine rings is 1. The zero-order chi connectivity index (χ0) is 16.8. The zero-order valence-electron chi connectivity index (χ0n) is 13.1. The Bertz CT molecular complexity index is 796. The van der Waals surface area contributed by atoms with Gasteiger partial charge in [-0.15, -0.1) is 0 Å². The van der Waals surface area contributed by atoms with Crippen molar-refractivity contribution in [3.8, 4) is 11.5 Å². The summed E-state index contributed by atoms with van der Waals surface area (Å²) in [5.74, 6) is 0.676. The highest BCUT2D eigenvalue weighted by Crippen LogP contribution is 2.29. The van der Waals surface area contributed by atoms with Gasteiger partial charge < -0.3 is 14.0 Å². The molecule has 0 aliphatic carbocycles. The van der Waals surface area contributed by atoms with Crippen molar-refractivity contribution in [3.05, 3.63) is 58.0 Å². The molecule has 0 saturated carbocycles. The molecule has 0 aliphatic rings. The van der Waals surface area contributed by atoms with E-state index in [-0.39, 0.29) is 5.56 Å². The van der Waals surface area contributed by atoms with Crippen molar-refractivity contribution in [1.29, 1.82) is 0 Å². The number of para-hydroxylation sites is 1. The Morgan fingerprint density at radius 2 is 2.00 bits per heavy atom. The fraction of sp³-hybridized carbons (Fsp3) is 0.188. The van der Waals surface area contributed by atoms with Crippen molar-refractivity contribution in [2.45, 2.75) is 0 Å². The summed E-state index contributed by atoms with van der Waals surface area (Å²) in [7, 11) is 4.64. The smallest absolute Gasteiger partial charge is 0.272 e. The number of rotatable bonds is 5. The number of aromatic nitrogens is 1. The first-order chi connectivity index (χ1) is 11.1. The molecule has 23 heavy (non-hydrogen) atoms. The summed E-state index contributed by atoms with van der Waals surface area (Å²) in [4.78, 5) is 23.3. The highest BCUT2D eigenvalue weighted by Gasteiger charge is 2.08. The summed E-state index contributed by atoms with van der Waals surface area (Å²) in [5, 5.41) is 3.91. The van der Waals surface area contributed by atoms with Gasteiger partial charge in [-0.05, 0) is 18.2 Å². The summed E-state index contributed by atoms with van der Waals surface area (Å²) >= 11 is 0. The number of amides is 1. The fourth-order valence-corrected chi connectivity index (χ4v) is 1.97. The van der Waals surface area contributed by atoms with E-state index in [9.17, 15) is 9.59 Å². The molecule has 0 saturated heterocycles. The molecular weight excluding hydrogens is 298 g/mol. The lowest BCUT2D eigenvalue weighted by Crippen LogP contribution is -2.22. The van der Waals surface area contributed by atoms with Crippen LogP contribution in [0.5, 0.6) is 11.5 Å². The second-order valence-corrected chi connectivity index (χ2v) is 4.65. The Balaban J connectivity index is 2.14. The van der Waals surface area contributed by atoms with Crippen LogP contribution in [0.25, 0.3) is 0 Å². The van der Waals surface area contributed by atoms with Crippen molar-refractivity contribution in [2.75, 3.05) is 14.2 Å². The number of aryl methyl sites for hydroxylation is 1. The van der Waals surface area contributed by atoms with E-state index in [1.165, 1.54) is 36.2 Å². The Kier molecular flexibility index (Phi) is 5.14. The Morgan fingerprint density at radius 3 is 2.65 bits per heavy atom. The predicted molar refractivity (Wildman–Crippen MR) is 86.3 cm³/mol. The van der Waals surface area contributed by atoms with Gasteiger partial charge >= 0.3 is 0 Å². The normalized spacial score (nSPS) is 10.6. The molecule has 0 unspecified atom stereocenters. The fourth-order valence-electron chi connectivity index (χ4n) is 1.97. The van der Waals surface area contributed by atoms with E-state index in [0.29, 0.717) is 22.6 Å². The molecule has 2 rings (SSSR count). The molecule has 0 atom stereocenters. The first-order valence-corrected chi connectivity index (χ1v) is 6.78. The minimum atomic E-state index is -0.418. The Morgan fingerprint density at radius 1 is 1.22 bits per heavy atom. The lowest BCUT2D eigenvalue weighted by atomic mass is 10.2. The number of carbonyl (C=O) groups is 1. The lowest BCUT2D eigenvalue weighted by Gasteiger charge is -2.09. The second-order valence-electron chi connectivity index (χ2n) is 4.65. The quantitative estimate of drug-likeness (QED) is 0.663. The predicted octanol–water partition coefficient (Wildman–Crippen LogP) is 1.17. The maximum absolute atomic E-state index is 12.0. The molecular formula is C16H17N3O4. The number of hydrazone groups is 1. The van der Waals surface area contributed by atoms with Gasteiger partial charge in [-0.1, -0.05) is 6.07 Å². The van der Waals surface area contributed by atoms with Gasteiger partial charge in [0.2, 0.25) is 5.56 Å². The molecule has 1 heterocycles. The molecule has 7 nitrogen and oxygen atoms in total. The van der Waals surface area contributed by atoms with E-state index >= 15 is 0 Å². The van der Waals surface area contributed by atoms with Crippen molar-refractivity contribution in [2.24, 2.45) is 12.1 Å². The van der Waals surface area contributed by atoms with Gasteiger partial charge in [0.05, 0.1) is 26.0 Å². The number of hydrogen-bond donors (Lipinski definition) is 1.